The van der Waals surface area contributed by atoms with E-state index < -0.39 is 29.8 Å². The standard InChI is InChI=1S/C26H33N5O5/c27-23(32)20(15-17-5-2-1-3-6-17)30-25(34)21-16-19(29-24(33)18-8-11-28-12-9-18)10-13-31(21)26(35)22-7-4-14-36-22/h1-7,14,18-21,28H,8-13,15-16H2,(H2,27,32)(H,29,33)(H,30,34). The van der Waals surface area contributed by atoms with Gasteiger partial charge in [0.1, 0.15) is 12.1 Å². The van der Waals surface area contributed by atoms with Crippen molar-refractivity contribution in [1.82, 2.24) is 20.9 Å². The van der Waals surface area contributed by atoms with E-state index in [2.05, 4.69) is 16.0 Å². The smallest absolute Gasteiger partial charge is 0.290 e. The van der Waals surface area contributed by atoms with Crippen LogP contribution in [0.25, 0.3) is 0 Å². The third kappa shape index (κ3) is 6.31. The zero-order valence-electron chi connectivity index (χ0n) is 20.2. The molecule has 0 bridgehead atoms. The van der Waals surface area contributed by atoms with E-state index in [1.54, 1.807) is 12.1 Å². The molecule has 1 aromatic carbocycles. The molecule has 2 aliphatic rings. The monoisotopic (exact) mass is 495 g/mol. The van der Waals surface area contributed by atoms with Gasteiger partial charge in [0.05, 0.1) is 6.26 Å². The van der Waals surface area contributed by atoms with Crippen LogP contribution in [-0.4, -0.2) is 66.3 Å². The molecule has 2 fully saturated rings. The summed E-state index contributed by atoms with van der Waals surface area (Å²) in [5, 5.41) is 9.07. The molecular formula is C26H33N5O5. The Labute approximate surface area is 210 Å². The first-order valence-corrected chi connectivity index (χ1v) is 12.4. The predicted molar refractivity (Wildman–Crippen MR) is 132 cm³/mol. The lowest BCUT2D eigenvalue weighted by atomic mass is 9.93. The summed E-state index contributed by atoms with van der Waals surface area (Å²) in [6.07, 6.45) is 3.91. The second kappa shape index (κ2) is 11.9. The van der Waals surface area contributed by atoms with Gasteiger partial charge in [-0.25, -0.2) is 0 Å². The molecule has 192 valence electrons. The fourth-order valence-corrected chi connectivity index (χ4v) is 4.87. The molecule has 4 amide bonds. The molecule has 2 aliphatic heterocycles. The van der Waals surface area contributed by atoms with E-state index in [1.165, 1.54) is 11.2 Å². The van der Waals surface area contributed by atoms with Crippen molar-refractivity contribution in [2.75, 3.05) is 19.6 Å². The summed E-state index contributed by atoms with van der Waals surface area (Å²) in [6.45, 7) is 1.86. The van der Waals surface area contributed by atoms with Gasteiger partial charge in [-0.15, -0.1) is 0 Å². The number of primary amides is 1. The van der Waals surface area contributed by atoms with Crippen molar-refractivity contribution >= 4 is 23.6 Å². The number of carbonyl (C=O) groups is 4. The first-order valence-electron chi connectivity index (χ1n) is 12.4. The Kier molecular flexibility index (Phi) is 8.37. The number of likely N-dealkylation sites (tertiary alicyclic amines) is 1. The zero-order valence-corrected chi connectivity index (χ0v) is 20.2. The molecule has 0 radical (unpaired) electrons. The van der Waals surface area contributed by atoms with E-state index >= 15 is 0 Å². The highest BCUT2D eigenvalue weighted by atomic mass is 16.3. The summed E-state index contributed by atoms with van der Waals surface area (Å²) in [7, 11) is 0. The number of furan rings is 1. The average molecular weight is 496 g/mol. The van der Waals surface area contributed by atoms with Crippen LogP contribution in [0.2, 0.25) is 0 Å². The van der Waals surface area contributed by atoms with E-state index in [0.717, 1.165) is 31.5 Å². The molecule has 0 aliphatic carbocycles. The SMILES string of the molecule is NC(=O)C(Cc1ccccc1)NC(=O)C1CC(NC(=O)C2CCNCC2)CCN1C(=O)c1ccco1. The van der Waals surface area contributed by atoms with E-state index in [4.69, 9.17) is 10.2 Å². The third-order valence-corrected chi connectivity index (χ3v) is 6.90. The molecule has 36 heavy (non-hydrogen) atoms. The van der Waals surface area contributed by atoms with E-state index in [0.29, 0.717) is 6.42 Å². The highest BCUT2D eigenvalue weighted by molar-refractivity contribution is 5.97. The van der Waals surface area contributed by atoms with Crippen LogP contribution in [0.15, 0.2) is 53.1 Å². The third-order valence-electron chi connectivity index (χ3n) is 6.90. The van der Waals surface area contributed by atoms with Crippen molar-refractivity contribution < 1.29 is 23.6 Å². The quantitative estimate of drug-likeness (QED) is 0.421. The summed E-state index contributed by atoms with van der Waals surface area (Å²) < 4.78 is 5.27. The molecule has 4 rings (SSSR count). The van der Waals surface area contributed by atoms with Crippen LogP contribution in [0.4, 0.5) is 0 Å². The Hall–Kier alpha value is -3.66. The number of hydrogen-bond acceptors (Lipinski definition) is 6. The summed E-state index contributed by atoms with van der Waals surface area (Å²) >= 11 is 0. The second-order valence-electron chi connectivity index (χ2n) is 9.40. The number of piperidine rings is 2. The largest absolute Gasteiger partial charge is 0.459 e. The molecule has 3 heterocycles. The van der Waals surface area contributed by atoms with Gasteiger partial charge in [0.25, 0.3) is 5.91 Å². The van der Waals surface area contributed by atoms with Gasteiger partial charge in [-0.3, -0.25) is 19.2 Å². The molecule has 2 aromatic rings. The van der Waals surface area contributed by atoms with Crippen molar-refractivity contribution in [3.05, 3.63) is 60.1 Å². The Balaban J connectivity index is 1.48. The molecule has 10 heteroatoms. The van der Waals surface area contributed by atoms with Gasteiger partial charge in [0.15, 0.2) is 5.76 Å². The van der Waals surface area contributed by atoms with Crippen LogP contribution in [0.5, 0.6) is 0 Å². The number of nitrogens with two attached hydrogens (primary N) is 1. The maximum atomic E-state index is 13.5. The minimum absolute atomic E-state index is 0.0226. The maximum Gasteiger partial charge on any atom is 0.290 e. The lowest BCUT2D eigenvalue weighted by Gasteiger charge is -2.39. The van der Waals surface area contributed by atoms with Crippen molar-refractivity contribution in [2.24, 2.45) is 11.7 Å². The first-order chi connectivity index (χ1) is 17.4. The van der Waals surface area contributed by atoms with Crippen molar-refractivity contribution in [3.63, 3.8) is 0 Å². The van der Waals surface area contributed by atoms with Crippen molar-refractivity contribution in [2.45, 2.75) is 50.2 Å². The van der Waals surface area contributed by atoms with E-state index in [1.807, 2.05) is 30.3 Å². The maximum absolute atomic E-state index is 13.5. The summed E-state index contributed by atoms with van der Waals surface area (Å²) in [4.78, 5) is 53.0. The summed E-state index contributed by atoms with van der Waals surface area (Å²) in [5.41, 5.74) is 6.45. The first kappa shape index (κ1) is 25.4. The van der Waals surface area contributed by atoms with Gasteiger partial charge in [0.2, 0.25) is 17.7 Å². The molecule has 10 nitrogen and oxygen atoms in total. The minimum atomic E-state index is -0.940. The molecule has 5 N–H and O–H groups in total. The van der Waals surface area contributed by atoms with Crippen LogP contribution >= 0.6 is 0 Å². The normalized spacial score (nSPS) is 21.4. The molecule has 0 saturated carbocycles. The number of benzene rings is 1. The fourth-order valence-electron chi connectivity index (χ4n) is 4.87. The highest BCUT2D eigenvalue weighted by Gasteiger charge is 2.39. The van der Waals surface area contributed by atoms with Crippen molar-refractivity contribution in [3.8, 4) is 0 Å². The van der Waals surface area contributed by atoms with E-state index in [-0.39, 0.29) is 43.0 Å². The number of carbonyl (C=O) groups excluding carboxylic acids is 4. The van der Waals surface area contributed by atoms with E-state index in [9.17, 15) is 19.2 Å². The fraction of sp³-hybridized carbons (Fsp3) is 0.462. The molecule has 3 atom stereocenters. The number of nitrogens with one attached hydrogen (secondary N) is 3. The molecular weight excluding hydrogens is 462 g/mol. The second-order valence-corrected chi connectivity index (χ2v) is 9.40. The minimum Gasteiger partial charge on any atom is -0.459 e. The van der Waals surface area contributed by atoms with Gasteiger partial charge in [-0.05, 0) is 56.5 Å². The highest BCUT2D eigenvalue weighted by Crippen LogP contribution is 2.23. The van der Waals surface area contributed by atoms with Gasteiger partial charge >= 0.3 is 0 Å². The predicted octanol–water partition coefficient (Wildman–Crippen LogP) is 0.581. The Morgan fingerprint density at radius 3 is 2.44 bits per heavy atom. The van der Waals surface area contributed by atoms with Crippen LogP contribution < -0.4 is 21.7 Å². The summed E-state index contributed by atoms with van der Waals surface area (Å²) in [6, 6.07) is 10.3. The van der Waals surface area contributed by atoms with Crippen molar-refractivity contribution in [1.29, 1.82) is 0 Å². The average Bonchev–Trinajstić information content (AvgIpc) is 3.44. The molecule has 3 unspecified atom stereocenters. The van der Waals surface area contributed by atoms with Gasteiger partial charge in [-0.2, -0.15) is 0 Å². The van der Waals surface area contributed by atoms with Gasteiger partial charge in [-0.1, -0.05) is 30.3 Å². The Bertz CT molecular complexity index is 1050. The molecule has 1 aromatic heterocycles. The topological polar surface area (TPSA) is 147 Å². The lowest BCUT2D eigenvalue weighted by Crippen LogP contribution is -2.60. The summed E-state index contributed by atoms with van der Waals surface area (Å²) in [5.74, 6) is -1.53. The van der Waals surface area contributed by atoms with Crippen LogP contribution in [0, 0.1) is 5.92 Å². The number of nitrogens with zero attached hydrogens (tertiary/aromatic N) is 1. The molecule has 2 saturated heterocycles. The lowest BCUT2D eigenvalue weighted by molar-refractivity contribution is -0.132. The van der Waals surface area contributed by atoms with Crippen LogP contribution in [0.3, 0.4) is 0 Å². The molecule has 0 spiro atoms. The Morgan fingerprint density at radius 2 is 1.78 bits per heavy atom. The Morgan fingerprint density at radius 1 is 1.03 bits per heavy atom. The van der Waals surface area contributed by atoms with Gasteiger partial charge in [0, 0.05) is 24.9 Å². The number of rotatable bonds is 8. The zero-order chi connectivity index (χ0) is 25.5. The van der Waals surface area contributed by atoms with Crippen LogP contribution in [0.1, 0.15) is 41.8 Å². The number of amides is 4. The number of hydrogen-bond donors (Lipinski definition) is 4. The van der Waals surface area contributed by atoms with Crippen LogP contribution in [-0.2, 0) is 20.8 Å². The van der Waals surface area contributed by atoms with Gasteiger partial charge < -0.3 is 31.0 Å².